The SMILES string of the molecule is CCNC(=NCCCNC(=O)c1occc1C)N(C)Cc1cnn(C)c1.I. The number of aliphatic imine (C=N–C) groups is 1. The van der Waals surface area contributed by atoms with Crippen LogP contribution in [0.15, 0.2) is 34.1 Å². The molecule has 0 bridgehead atoms. The van der Waals surface area contributed by atoms with Gasteiger partial charge in [-0.15, -0.1) is 24.0 Å². The number of carbonyl (C=O) groups excluding carboxylic acids is 1. The third kappa shape index (κ3) is 7.24. The molecule has 0 saturated heterocycles. The molecule has 0 unspecified atom stereocenters. The van der Waals surface area contributed by atoms with E-state index in [0.717, 1.165) is 36.6 Å². The first-order valence-corrected chi connectivity index (χ1v) is 8.80. The molecular weight excluding hydrogens is 459 g/mol. The van der Waals surface area contributed by atoms with E-state index in [4.69, 9.17) is 4.42 Å². The number of amides is 1. The highest BCUT2D eigenvalue weighted by Crippen LogP contribution is 2.08. The fourth-order valence-electron chi connectivity index (χ4n) is 2.52. The zero-order chi connectivity index (χ0) is 18.9. The van der Waals surface area contributed by atoms with Crippen LogP contribution < -0.4 is 10.6 Å². The van der Waals surface area contributed by atoms with Gasteiger partial charge in [0.15, 0.2) is 11.7 Å². The lowest BCUT2D eigenvalue weighted by atomic mass is 10.2. The lowest BCUT2D eigenvalue weighted by molar-refractivity contribution is 0.0925. The first kappa shape index (κ1) is 23.0. The van der Waals surface area contributed by atoms with Gasteiger partial charge in [0.25, 0.3) is 5.91 Å². The fourth-order valence-corrected chi connectivity index (χ4v) is 2.52. The van der Waals surface area contributed by atoms with Crippen LogP contribution in [0.1, 0.15) is 35.0 Å². The van der Waals surface area contributed by atoms with Crippen molar-refractivity contribution in [1.29, 1.82) is 0 Å². The molecule has 2 rings (SSSR count). The number of rotatable bonds is 8. The summed E-state index contributed by atoms with van der Waals surface area (Å²) < 4.78 is 6.97. The maximum atomic E-state index is 12.0. The van der Waals surface area contributed by atoms with E-state index in [-0.39, 0.29) is 29.9 Å². The fraction of sp³-hybridized carbons (Fsp3) is 0.500. The van der Waals surface area contributed by atoms with Crippen molar-refractivity contribution in [2.75, 3.05) is 26.7 Å². The van der Waals surface area contributed by atoms with Crippen LogP contribution in [-0.4, -0.2) is 53.2 Å². The van der Waals surface area contributed by atoms with Gasteiger partial charge in [-0.05, 0) is 26.3 Å². The van der Waals surface area contributed by atoms with E-state index in [1.54, 1.807) is 10.7 Å². The van der Waals surface area contributed by atoms with Gasteiger partial charge in [0.1, 0.15) is 0 Å². The monoisotopic (exact) mass is 488 g/mol. The van der Waals surface area contributed by atoms with Crippen molar-refractivity contribution in [3.63, 3.8) is 0 Å². The Morgan fingerprint density at radius 3 is 2.78 bits per heavy atom. The molecular formula is C18H29IN6O2. The number of furan rings is 1. The summed E-state index contributed by atoms with van der Waals surface area (Å²) in [4.78, 5) is 18.7. The number of hydrogen-bond donors (Lipinski definition) is 2. The lowest BCUT2D eigenvalue weighted by Gasteiger charge is -2.21. The molecule has 0 spiro atoms. The Kier molecular flexibility index (Phi) is 9.90. The number of aryl methyl sites for hydroxylation is 2. The number of carbonyl (C=O) groups is 1. The molecule has 2 N–H and O–H groups in total. The lowest BCUT2D eigenvalue weighted by Crippen LogP contribution is -2.38. The normalized spacial score (nSPS) is 11.0. The second-order valence-electron chi connectivity index (χ2n) is 6.16. The van der Waals surface area contributed by atoms with Crippen molar-refractivity contribution < 1.29 is 9.21 Å². The summed E-state index contributed by atoms with van der Waals surface area (Å²) in [6, 6.07) is 1.78. The van der Waals surface area contributed by atoms with E-state index >= 15 is 0 Å². The number of aromatic nitrogens is 2. The number of halogens is 1. The zero-order valence-electron chi connectivity index (χ0n) is 16.4. The molecule has 0 radical (unpaired) electrons. The van der Waals surface area contributed by atoms with Gasteiger partial charge in [-0.2, -0.15) is 5.10 Å². The number of hydrogen-bond acceptors (Lipinski definition) is 4. The molecule has 2 heterocycles. The molecule has 0 aromatic carbocycles. The average Bonchev–Trinajstić information content (AvgIpc) is 3.21. The highest BCUT2D eigenvalue weighted by Gasteiger charge is 2.11. The highest BCUT2D eigenvalue weighted by molar-refractivity contribution is 14.0. The van der Waals surface area contributed by atoms with E-state index in [1.165, 1.54) is 6.26 Å². The Hall–Kier alpha value is -2.04. The van der Waals surface area contributed by atoms with Gasteiger partial charge in [-0.1, -0.05) is 0 Å². The zero-order valence-corrected chi connectivity index (χ0v) is 18.7. The third-order valence-electron chi connectivity index (χ3n) is 3.82. The minimum atomic E-state index is -0.183. The average molecular weight is 488 g/mol. The van der Waals surface area contributed by atoms with Crippen LogP contribution in [0.3, 0.4) is 0 Å². The quantitative estimate of drug-likeness (QED) is 0.258. The molecule has 2 aromatic heterocycles. The molecule has 0 aliphatic rings. The van der Waals surface area contributed by atoms with Crippen molar-refractivity contribution in [3.05, 3.63) is 41.6 Å². The van der Waals surface area contributed by atoms with E-state index in [9.17, 15) is 4.79 Å². The summed E-state index contributed by atoms with van der Waals surface area (Å²) >= 11 is 0. The van der Waals surface area contributed by atoms with Crippen LogP contribution >= 0.6 is 24.0 Å². The second-order valence-corrected chi connectivity index (χ2v) is 6.16. The number of nitrogens with one attached hydrogen (secondary N) is 2. The summed E-state index contributed by atoms with van der Waals surface area (Å²) in [5.41, 5.74) is 1.97. The number of nitrogens with zero attached hydrogens (tertiary/aromatic N) is 4. The second kappa shape index (κ2) is 11.6. The van der Waals surface area contributed by atoms with Crippen molar-refractivity contribution in [3.8, 4) is 0 Å². The Labute approximate surface area is 177 Å². The van der Waals surface area contributed by atoms with Crippen LogP contribution in [0.2, 0.25) is 0 Å². The number of guanidine groups is 1. The van der Waals surface area contributed by atoms with Crippen LogP contribution in [-0.2, 0) is 13.6 Å². The van der Waals surface area contributed by atoms with Gasteiger partial charge in [-0.3, -0.25) is 14.5 Å². The highest BCUT2D eigenvalue weighted by atomic mass is 127. The van der Waals surface area contributed by atoms with E-state index in [0.29, 0.717) is 18.8 Å². The minimum Gasteiger partial charge on any atom is -0.459 e. The molecule has 27 heavy (non-hydrogen) atoms. The summed E-state index contributed by atoms with van der Waals surface area (Å²) in [5, 5.41) is 10.3. The molecule has 150 valence electrons. The molecule has 2 aromatic rings. The summed E-state index contributed by atoms with van der Waals surface area (Å²) in [5.74, 6) is 1.03. The minimum absolute atomic E-state index is 0. The summed E-state index contributed by atoms with van der Waals surface area (Å²) in [6.45, 7) is 6.59. The summed E-state index contributed by atoms with van der Waals surface area (Å²) in [6.07, 6.45) is 6.12. The predicted molar refractivity (Wildman–Crippen MR) is 116 cm³/mol. The molecule has 8 nitrogen and oxygen atoms in total. The van der Waals surface area contributed by atoms with Gasteiger partial charge in [0.2, 0.25) is 0 Å². The topological polar surface area (TPSA) is 87.7 Å². The Bertz CT molecular complexity index is 740. The van der Waals surface area contributed by atoms with Gasteiger partial charge in [-0.25, -0.2) is 0 Å². The van der Waals surface area contributed by atoms with Crippen molar-refractivity contribution in [1.82, 2.24) is 25.3 Å². The maximum absolute atomic E-state index is 12.0. The molecule has 1 amide bonds. The van der Waals surface area contributed by atoms with Crippen molar-refractivity contribution >= 4 is 35.8 Å². The maximum Gasteiger partial charge on any atom is 0.287 e. The predicted octanol–water partition coefficient (Wildman–Crippen LogP) is 2.16. The standard InChI is InChI=1S/C18H28N6O2.HI/c1-5-19-18(23(3)12-15-11-22-24(4)13-15)21-9-6-8-20-17(25)16-14(2)7-10-26-16;/h7,10-11,13H,5-6,8-9,12H2,1-4H3,(H,19,21)(H,20,25);1H. The molecule has 0 atom stereocenters. The van der Waals surface area contributed by atoms with Crippen LogP contribution in [0, 0.1) is 6.92 Å². The summed E-state index contributed by atoms with van der Waals surface area (Å²) in [7, 11) is 3.90. The molecule has 0 aliphatic carbocycles. The van der Waals surface area contributed by atoms with Crippen molar-refractivity contribution in [2.45, 2.75) is 26.8 Å². The van der Waals surface area contributed by atoms with E-state index in [1.807, 2.05) is 40.3 Å². The van der Waals surface area contributed by atoms with Crippen LogP contribution in [0.4, 0.5) is 0 Å². The molecule has 0 saturated carbocycles. The Morgan fingerprint density at radius 1 is 1.41 bits per heavy atom. The van der Waals surface area contributed by atoms with Gasteiger partial charge >= 0.3 is 0 Å². The Morgan fingerprint density at radius 2 is 2.19 bits per heavy atom. The van der Waals surface area contributed by atoms with Gasteiger partial charge in [0.05, 0.1) is 12.5 Å². The van der Waals surface area contributed by atoms with Gasteiger partial charge in [0, 0.05) is 57.6 Å². The Balaban J connectivity index is 0.00000364. The molecule has 0 fully saturated rings. The molecule has 0 aliphatic heterocycles. The first-order chi connectivity index (χ1) is 12.5. The first-order valence-electron chi connectivity index (χ1n) is 8.80. The largest absolute Gasteiger partial charge is 0.459 e. The smallest absolute Gasteiger partial charge is 0.287 e. The van der Waals surface area contributed by atoms with E-state index in [2.05, 4.69) is 25.6 Å². The third-order valence-corrected chi connectivity index (χ3v) is 3.82. The van der Waals surface area contributed by atoms with Crippen LogP contribution in [0.5, 0.6) is 0 Å². The van der Waals surface area contributed by atoms with Gasteiger partial charge < -0.3 is 20.0 Å². The van der Waals surface area contributed by atoms with Crippen molar-refractivity contribution in [2.24, 2.45) is 12.0 Å². The molecule has 9 heteroatoms. The van der Waals surface area contributed by atoms with E-state index < -0.39 is 0 Å². The van der Waals surface area contributed by atoms with Crippen LogP contribution in [0.25, 0.3) is 0 Å².